The zero-order valence-corrected chi connectivity index (χ0v) is 22.7. The number of hydrogen-bond acceptors (Lipinski definition) is 4. The molecule has 1 unspecified atom stereocenters. The number of benzene rings is 2. The number of aliphatic hydroxyl groups is 1. The molecule has 1 N–H and O–H groups in total. The minimum atomic E-state index is -1.35. The molecule has 0 heterocycles. The molecule has 4 nitrogen and oxygen atoms in total. The van der Waals surface area contributed by atoms with E-state index in [1.54, 1.807) is 0 Å². The van der Waals surface area contributed by atoms with Crippen LogP contribution in [0.1, 0.15) is 18.9 Å². The van der Waals surface area contributed by atoms with Gasteiger partial charge in [-0.2, -0.15) is 0 Å². The van der Waals surface area contributed by atoms with Crippen LogP contribution >= 0.6 is 0 Å². The topological polar surface area (TPSA) is 55.8 Å². The van der Waals surface area contributed by atoms with Gasteiger partial charge < -0.3 is 0 Å². The molecule has 6 heteroatoms. The van der Waals surface area contributed by atoms with Crippen LogP contribution in [0.4, 0.5) is 0 Å². The van der Waals surface area contributed by atoms with Crippen LogP contribution in [0.15, 0.2) is 60.7 Å². The van der Waals surface area contributed by atoms with Crippen molar-refractivity contribution in [2.75, 3.05) is 13.7 Å². The van der Waals surface area contributed by atoms with Crippen LogP contribution in [0, 0.1) is 11.8 Å². The van der Waals surface area contributed by atoms with Crippen LogP contribution in [-0.2, 0) is 20.9 Å². The van der Waals surface area contributed by atoms with Crippen LogP contribution in [0.2, 0.25) is 30.5 Å². The van der Waals surface area contributed by atoms with Crippen molar-refractivity contribution < 1.29 is 19.4 Å². The molecule has 2 rings (SSSR count). The van der Waals surface area contributed by atoms with E-state index >= 15 is 0 Å². The Morgan fingerprint density at radius 2 is 1.62 bits per heavy atom. The Morgan fingerprint density at radius 1 is 1.03 bits per heavy atom. The molecule has 0 bridgehead atoms. The van der Waals surface area contributed by atoms with Gasteiger partial charge in [0.1, 0.15) is 0 Å². The van der Waals surface area contributed by atoms with Gasteiger partial charge in [0.15, 0.2) is 0 Å². The van der Waals surface area contributed by atoms with Gasteiger partial charge in [0.05, 0.1) is 0 Å². The number of ether oxygens (including phenoxy) is 2. The van der Waals surface area contributed by atoms with Gasteiger partial charge in [0, 0.05) is 0 Å². The van der Waals surface area contributed by atoms with E-state index in [4.69, 9.17) is 9.47 Å². The molecule has 4 atom stereocenters. The van der Waals surface area contributed by atoms with E-state index in [9.17, 15) is 9.90 Å². The Balaban J connectivity index is 2.06. The first-order chi connectivity index (χ1) is 15.2. The summed E-state index contributed by atoms with van der Waals surface area (Å²) in [6.07, 6.45) is -0.148. The Labute approximate surface area is 200 Å². The summed E-state index contributed by atoms with van der Waals surface area (Å²) in [5.41, 5.74) is 1.10. The Kier molecular flexibility index (Phi) is 11.2. The van der Waals surface area contributed by atoms with Crippen LogP contribution < -0.4 is 4.46 Å². The summed E-state index contributed by atoms with van der Waals surface area (Å²) >= 11 is 0.237. The third-order valence-electron chi connectivity index (χ3n) is 5.39. The molecule has 32 heavy (non-hydrogen) atoms. The summed E-state index contributed by atoms with van der Waals surface area (Å²) in [6, 6.07) is 21.6. The quantitative estimate of drug-likeness (QED) is 0.311. The fourth-order valence-corrected chi connectivity index (χ4v) is 11.2. The third kappa shape index (κ3) is 9.59. The van der Waals surface area contributed by atoms with Crippen molar-refractivity contribution in [2.24, 2.45) is 11.8 Å². The summed E-state index contributed by atoms with van der Waals surface area (Å²) in [4.78, 5) is 13.1. The molecular formula is C26H38O4SeSi. The molecule has 0 aliphatic carbocycles. The fraction of sp³-hybridized carbons (Fsp3) is 0.500. The second-order valence-electron chi connectivity index (χ2n) is 9.65. The van der Waals surface area contributed by atoms with Crippen molar-refractivity contribution in [1.29, 1.82) is 0 Å². The normalized spacial score (nSPS) is 15.6. The first kappa shape index (κ1) is 26.8. The van der Waals surface area contributed by atoms with E-state index in [1.165, 1.54) is 11.6 Å². The van der Waals surface area contributed by atoms with Crippen molar-refractivity contribution in [3.8, 4) is 0 Å². The molecule has 0 spiro atoms. The molecule has 0 amide bonds. The van der Waals surface area contributed by atoms with Gasteiger partial charge in [-0.3, -0.25) is 0 Å². The molecular weight excluding hydrogens is 483 g/mol. The first-order valence-corrected chi connectivity index (χ1v) is 16.8. The molecule has 176 valence electrons. The maximum absolute atomic E-state index is 12.7. The Bertz CT molecular complexity index is 794. The number of esters is 1. The van der Waals surface area contributed by atoms with E-state index in [0.717, 1.165) is 11.6 Å². The maximum atomic E-state index is 12.7. The molecule has 0 fully saturated rings. The molecule has 0 saturated heterocycles. The predicted octanol–water partition coefficient (Wildman–Crippen LogP) is 4.54. The van der Waals surface area contributed by atoms with Gasteiger partial charge in [0.2, 0.25) is 0 Å². The Hall–Kier alpha value is -1.43. The van der Waals surface area contributed by atoms with Crippen molar-refractivity contribution >= 4 is 33.5 Å². The summed E-state index contributed by atoms with van der Waals surface area (Å²) in [6.45, 7) is 9.93. The summed E-state index contributed by atoms with van der Waals surface area (Å²) in [5.74, 6) is -1.03. The van der Waals surface area contributed by atoms with Crippen LogP contribution in [-0.4, -0.2) is 53.9 Å². The molecule has 0 aliphatic rings. The first-order valence-electron chi connectivity index (χ1n) is 11.3. The van der Waals surface area contributed by atoms with Crippen LogP contribution in [0.25, 0.3) is 0 Å². The fourth-order valence-electron chi connectivity index (χ4n) is 3.79. The van der Waals surface area contributed by atoms with Crippen molar-refractivity contribution in [3.63, 3.8) is 0 Å². The van der Waals surface area contributed by atoms with Gasteiger partial charge in [-0.1, -0.05) is 0 Å². The zero-order valence-electron chi connectivity index (χ0n) is 20.0. The standard InChI is InChI=1S/C26H38O4SeSi/c1-20(17-30-18-21-12-8-6-9-13-21)25(27)24(26(28)29-2)16-23(19-32(3,4)5)31-22-14-10-7-11-15-22/h6-15,20,23-25,27H,16-19H2,1-5H3/t20-,23?,24-,25-/m0/s1. The van der Waals surface area contributed by atoms with Gasteiger partial charge >= 0.3 is 201 Å². The molecule has 2 aromatic carbocycles. The van der Waals surface area contributed by atoms with E-state index in [0.29, 0.717) is 24.5 Å². The van der Waals surface area contributed by atoms with Gasteiger partial charge in [-0.15, -0.1) is 0 Å². The van der Waals surface area contributed by atoms with Crippen molar-refractivity contribution in [1.82, 2.24) is 0 Å². The second kappa shape index (κ2) is 13.3. The SMILES string of the molecule is COC(=O)[C@@H](CC(C[Si](C)(C)C)[Se]c1ccccc1)[C@@H](O)[C@@H](C)COCc1ccccc1. The molecule has 0 radical (unpaired) electrons. The number of methoxy groups -OCH3 is 1. The van der Waals surface area contributed by atoms with Crippen molar-refractivity contribution in [2.45, 2.75) is 56.6 Å². The average molecular weight is 522 g/mol. The molecule has 2 aromatic rings. The summed E-state index contributed by atoms with van der Waals surface area (Å²) in [7, 11) is 0.0620. The van der Waals surface area contributed by atoms with E-state index in [-0.39, 0.29) is 26.8 Å². The summed E-state index contributed by atoms with van der Waals surface area (Å²) < 4.78 is 12.3. The van der Waals surface area contributed by atoms with E-state index in [2.05, 4.69) is 43.9 Å². The second-order valence-corrected chi connectivity index (χ2v) is 18.1. The molecule has 0 aromatic heterocycles. The Morgan fingerprint density at radius 3 is 2.19 bits per heavy atom. The number of carbonyl (C=O) groups is 1. The average Bonchev–Trinajstić information content (AvgIpc) is 2.76. The summed E-state index contributed by atoms with van der Waals surface area (Å²) in [5, 5.41) is 11.1. The number of rotatable bonds is 13. The number of aliphatic hydroxyl groups excluding tert-OH is 1. The van der Waals surface area contributed by atoms with Gasteiger partial charge in [-0.05, 0) is 0 Å². The molecule has 0 aliphatic heterocycles. The van der Waals surface area contributed by atoms with Crippen molar-refractivity contribution in [3.05, 3.63) is 66.2 Å². The van der Waals surface area contributed by atoms with E-state index < -0.39 is 20.1 Å². The third-order valence-corrected chi connectivity index (χ3v) is 10.4. The number of hydrogen-bond donors (Lipinski definition) is 1. The number of carbonyl (C=O) groups excluding carboxylic acids is 1. The molecule has 0 saturated carbocycles. The monoisotopic (exact) mass is 522 g/mol. The van der Waals surface area contributed by atoms with Gasteiger partial charge in [0.25, 0.3) is 0 Å². The minimum absolute atomic E-state index is 0.167. The van der Waals surface area contributed by atoms with Crippen LogP contribution in [0.3, 0.4) is 0 Å². The van der Waals surface area contributed by atoms with Gasteiger partial charge in [-0.25, -0.2) is 0 Å². The predicted molar refractivity (Wildman–Crippen MR) is 135 cm³/mol. The zero-order chi connectivity index (χ0) is 23.6. The van der Waals surface area contributed by atoms with Crippen LogP contribution in [0.5, 0.6) is 0 Å². The van der Waals surface area contributed by atoms with E-state index in [1.807, 2.05) is 43.3 Å².